The van der Waals surface area contributed by atoms with Crippen LogP contribution >= 0.6 is 12.4 Å². The maximum Gasteiger partial charge on any atom is 0.211 e. The van der Waals surface area contributed by atoms with E-state index in [1.807, 2.05) is 0 Å². The molecule has 1 atom stereocenters. The predicted octanol–water partition coefficient (Wildman–Crippen LogP) is 0.751. The Morgan fingerprint density at radius 3 is 2.30 bits per heavy atom. The molecule has 120 valence electrons. The molecule has 0 aliphatic carbocycles. The summed E-state index contributed by atoms with van der Waals surface area (Å²) >= 11 is 0. The topological polar surface area (TPSA) is 66.6 Å². The number of nitrogens with zero attached hydrogens (tertiary/aromatic N) is 2. The molecule has 2 saturated heterocycles. The van der Waals surface area contributed by atoms with Gasteiger partial charge in [0, 0.05) is 19.6 Å². The number of likely N-dealkylation sites (tertiary alicyclic amines) is 1. The first-order chi connectivity index (χ1) is 8.99. The minimum atomic E-state index is -3.01. The van der Waals surface area contributed by atoms with Crippen molar-refractivity contribution in [3.05, 3.63) is 0 Å². The van der Waals surface area contributed by atoms with Gasteiger partial charge in [-0.1, -0.05) is 0 Å². The zero-order chi connectivity index (χ0) is 13.9. The second-order valence-electron chi connectivity index (χ2n) is 6.11. The van der Waals surface area contributed by atoms with E-state index < -0.39 is 10.0 Å². The Bertz CT molecular complexity index is 383. The smallest absolute Gasteiger partial charge is 0.211 e. The van der Waals surface area contributed by atoms with Crippen molar-refractivity contribution in [1.29, 1.82) is 0 Å². The summed E-state index contributed by atoms with van der Waals surface area (Å²) in [5.74, 6) is 1.19. The first-order valence-corrected chi connectivity index (χ1v) is 9.21. The van der Waals surface area contributed by atoms with Crippen molar-refractivity contribution in [2.75, 3.05) is 45.5 Å². The predicted molar refractivity (Wildman–Crippen MR) is 84.6 cm³/mol. The Hall–Kier alpha value is 0.120. The third-order valence-corrected chi connectivity index (χ3v) is 5.78. The fourth-order valence-electron chi connectivity index (χ4n) is 3.25. The maximum absolute atomic E-state index is 11.6. The Balaban J connectivity index is 0.00000200. The minimum absolute atomic E-state index is 0. The molecular weight excluding hydrogens is 298 g/mol. The van der Waals surface area contributed by atoms with Crippen molar-refractivity contribution in [1.82, 2.24) is 9.21 Å². The molecule has 0 amide bonds. The summed E-state index contributed by atoms with van der Waals surface area (Å²) in [6.45, 7) is 5.50. The number of hydrogen-bond donors (Lipinski definition) is 1. The SMILES string of the molecule is CS(=O)(=O)N1CCCC(CN2CCC(CN)CC2)C1.Cl. The molecule has 2 N–H and O–H groups in total. The second-order valence-corrected chi connectivity index (χ2v) is 8.09. The van der Waals surface area contributed by atoms with E-state index in [4.69, 9.17) is 5.73 Å². The lowest BCUT2D eigenvalue weighted by atomic mass is 9.94. The van der Waals surface area contributed by atoms with Crippen LogP contribution in [-0.2, 0) is 10.0 Å². The summed E-state index contributed by atoms with van der Waals surface area (Å²) in [7, 11) is -3.01. The molecule has 2 rings (SSSR count). The fraction of sp³-hybridized carbons (Fsp3) is 1.00. The number of piperidine rings is 2. The van der Waals surface area contributed by atoms with Crippen LogP contribution in [0.1, 0.15) is 25.7 Å². The quantitative estimate of drug-likeness (QED) is 0.828. The second kappa shape index (κ2) is 7.94. The highest BCUT2D eigenvalue weighted by atomic mass is 35.5. The van der Waals surface area contributed by atoms with Gasteiger partial charge < -0.3 is 10.6 Å². The van der Waals surface area contributed by atoms with E-state index in [0.717, 1.165) is 39.0 Å². The van der Waals surface area contributed by atoms with E-state index in [9.17, 15) is 8.42 Å². The molecule has 7 heteroatoms. The van der Waals surface area contributed by atoms with Crippen LogP contribution in [0.2, 0.25) is 0 Å². The van der Waals surface area contributed by atoms with Crippen LogP contribution in [0, 0.1) is 11.8 Å². The number of hydrogen-bond acceptors (Lipinski definition) is 4. The van der Waals surface area contributed by atoms with Gasteiger partial charge in [0.05, 0.1) is 6.26 Å². The van der Waals surface area contributed by atoms with Gasteiger partial charge in [-0.05, 0) is 57.2 Å². The van der Waals surface area contributed by atoms with E-state index in [0.29, 0.717) is 24.9 Å². The van der Waals surface area contributed by atoms with Crippen LogP contribution in [0.5, 0.6) is 0 Å². The molecule has 20 heavy (non-hydrogen) atoms. The highest BCUT2D eigenvalue weighted by Gasteiger charge is 2.28. The van der Waals surface area contributed by atoms with Crippen LogP contribution in [0.15, 0.2) is 0 Å². The Morgan fingerprint density at radius 2 is 1.75 bits per heavy atom. The molecule has 0 spiro atoms. The fourth-order valence-corrected chi connectivity index (χ4v) is 4.19. The molecule has 0 radical (unpaired) electrons. The van der Waals surface area contributed by atoms with E-state index in [1.165, 1.54) is 19.1 Å². The highest BCUT2D eigenvalue weighted by molar-refractivity contribution is 7.88. The first kappa shape index (κ1) is 18.2. The largest absolute Gasteiger partial charge is 0.330 e. The average molecular weight is 326 g/mol. The summed E-state index contributed by atoms with van der Waals surface area (Å²) in [5.41, 5.74) is 5.71. The lowest BCUT2D eigenvalue weighted by Crippen LogP contribution is -2.45. The average Bonchev–Trinajstić information content (AvgIpc) is 2.39. The first-order valence-electron chi connectivity index (χ1n) is 7.36. The van der Waals surface area contributed by atoms with E-state index in [1.54, 1.807) is 4.31 Å². The van der Waals surface area contributed by atoms with E-state index in [2.05, 4.69) is 4.90 Å². The zero-order valence-electron chi connectivity index (χ0n) is 12.3. The third-order valence-electron chi connectivity index (χ3n) is 4.51. The Labute approximate surface area is 129 Å². The Morgan fingerprint density at radius 1 is 1.10 bits per heavy atom. The van der Waals surface area contributed by atoms with Gasteiger partial charge in [-0.15, -0.1) is 12.4 Å². The lowest BCUT2D eigenvalue weighted by Gasteiger charge is -2.37. The molecule has 2 fully saturated rings. The monoisotopic (exact) mass is 325 g/mol. The van der Waals surface area contributed by atoms with Crippen molar-refractivity contribution in [3.63, 3.8) is 0 Å². The van der Waals surface area contributed by atoms with Gasteiger partial charge in [0.1, 0.15) is 0 Å². The molecular formula is C13H28ClN3O2S. The van der Waals surface area contributed by atoms with Gasteiger partial charge in [-0.2, -0.15) is 0 Å². The van der Waals surface area contributed by atoms with Crippen LogP contribution in [-0.4, -0.2) is 63.1 Å². The number of sulfonamides is 1. The summed E-state index contributed by atoms with van der Waals surface area (Å²) < 4.78 is 24.9. The number of halogens is 1. The molecule has 5 nitrogen and oxygen atoms in total. The summed E-state index contributed by atoms with van der Waals surface area (Å²) in [6.07, 6.45) is 5.86. The van der Waals surface area contributed by atoms with Gasteiger partial charge >= 0.3 is 0 Å². The standard InChI is InChI=1S/C13H27N3O2S.ClH/c1-19(17,18)16-6-2-3-13(11-16)10-15-7-4-12(9-14)5-8-15;/h12-13H,2-11,14H2,1H3;1H. The molecule has 0 aromatic heterocycles. The normalized spacial score (nSPS) is 27.2. The van der Waals surface area contributed by atoms with Crippen molar-refractivity contribution in [3.8, 4) is 0 Å². The molecule has 0 bridgehead atoms. The minimum Gasteiger partial charge on any atom is -0.330 e. The van der Waals surface area contributed by atoms with Gasteiger partial charge in [0.25, 0.3) is 0 Å². The van der Waals surface area contributed by atoms with Crippen molar-refractivity contribution in [2.24, 2.45) is 17.6 Å². The molecule has 0 aromatic carbocycles. The number of rotatable bonds is 4. The Kier molecular flexibility index (Phi) is 7.21. The van der Waals surface area contributed by atoms with Gasteiger partial charge in [0.2, 0.25) is 10.0 Å². The molecule has 2 aliphatic heterocycles. The van der Waals surface area contributed by atoms with Gasteiger partial charge in [-0.3, -0.25) is 0 Å². The van der Waals surface area contributed by atoms with Crippen LogP contribution in [0.4, 0.5) is 0 Å². The van der Waals surface area contributed by atoms with Crippen molar-refractivity contribution < 1.29 is 8.42 Å². The summed E-state index contributed by atoms with van der Waals surface area (Å²) in [4.78, 5) is 2.49. The molecule has 0 aromatic rings. The molecule has 1 unspecified atom stereocenters. The number of nitrogens with two attached hydrogens (primary N) is 1. The summed E-state index contributed by atoms with van der Waals surface area (Å²) in [5, 5.41) is 0. The summed E-state index contributed by atoms with van der Waals surface area (Å²) in [6, 6.07) is 0. The molecule has 2 heterocycles. The molecule has 2 aliphatic rings. The zero-order valence-corrected chi connectivity index (χ0v) is 14.0. The highest BCUT2D eigenvalue weighted by Crippen LogP contribution is 2.22. The molecule has 0 saturated carbocycles. The maximum atomic E-state index is 11.6. The van der Waals surface area contributed by atoms with Gasteiger partial charge in [0.15, 0.2) is 0 Å². The van der Waals surface area contributed by atoms with Gasteiger partial charge in [-0.25, -0.2) is 12.7 Å². The third kappa shape index (κ3) is 5.15. The lowest BCUT2D eigenvalue weighted by molar-refractivity contribution is 0.137. The van der Waals surface area contributed by atoms with Crippen molar-refractivity contribution >= 4 is 22.4 Å². The van der Waals surface area contributed by atoms with Crippen LogP contribution < -0.4 is 5.73 Å². The van der Waals surface area contributed by atoms with Crippen LogP contribution in [0.25, 0.3) is 0 Å². The van der Waals surface area contributed by atoms with E-state index >= 15 is 0 Å². The van der Waals surface area contributed by atoms with E-state index in [-0.39, 0.29) is 12.4 Å². The van der Waals surface area contributed by atoms with Crippen molar-refractivity contribution in [2.45, 2.75) is 25.7 Å². The van der Waals surface area contributed by atoms with Crippen LogP contribution in [0.3, 0.4) is 0 Å².